The van der Waals surface area contributed by atoms with Crippen molar-refractivity contribution >= 4 is 0 Å². The van der Waals surface area contributed by atoms with Crippen molar-refractivity contribution in [3.63, 3.8) is 0 Å². The molecule has 0 radical (unpaired) electrons. The molecule has 0 spiro atoms. The van der Waals surface area contributed by atoms with Gasteiger partial charge in [0.15, 0.2) is 0 Å². The van der Waals surface area contributed by atoms with Crippen LogP contribution in [-0.4, -0.2) is 35.6 Å². The fraction of sp³-hybridized carbons (Fsp3) is 1.00. The van der Waals surface area contributed by atoms with Crippen molar-refractivity contribution in [2.75, 3.05) is 13.2 Å². The molecule has 1 rings (SSSR count). The molecule has 1 fully saturated rings. The lowest BCUT2D eigenvalue weighted by Gasteiger charge is -2.20. The smallest absolute Gasteiger partial charge is 0.0849 e. The standard InChI is InChI=1S/C8H16O3/c1-2-7(9)8(10)6-3-4-11-5-6/h6-10H,2-5H2,1H3. The van der Waals surface area contributed by atoms with Crippen LogP contribution >= 0.6 is 0 Å². The van der Waals surface area contributed by atoms with Gasteiger partial charge in [-0.3, -0.25) is 0 Å². The van der Waals surface area contributed by atoms with Gasteiger partial charge in [-0.1, -0.05) is 6.92 Å². The van der Waals surface area contributed by atoms with E-state index in [0.717, 1.165) is 13.0 Å². The van der Waals surface area contributed by atoms with Gasteiger partial charge in [-0.25, -0.2) is 0 Å². The molecule has 1 aliphatic rings. The van der Waals surface area contributed by atoms with Crippen molar-refractivity contribution in [3.05, 3.63) is 0 Å². The van der Waals surface area contributed by atoms with E-state index in [1.807, 2.05) is 6.92 Å². The molecule has 0 bridgehead atoms. The number of aliphatic hydroxyl groups is 2. The minimum absolute atomic E-state index is 0.143. The van der Waals surface area contributed by atoms with Gasteiger partial charge in [-0.2, -0.15) is 0 Å². The highest BCUT2D eigenvalue weighted by Gasteiger charge is 2.28. The fourth-order valence-corrected chi connectivity index (χ4v) is 1.38. The first kappa shape index (κ1) is 8.97. The van der Waals surface area contributed by atoms with Gasteiger partial charge in [-0.05, 0) is 12.8 Å². The van der Waals surface area contributed by atoms with Crippen LogP contribution in [0.4, 0.5) is 0 Å². The van der Waals surface area contributed by atoms with Gasteiger partial charge in [0.25, 0.3) is 0 Å². The highest BCUT2D eigenvalue weighted by molar-refractivity contribution is 4.77. The van der Waals surface area contributed by atoms with Gasteiger partial charge in [0.1, 0.15) is 0 Å². The van der Waals surface area contributed by atoms with E-state index < -0.39 is 12.2 Å². The van der Waals surface area contributed by atoms with Gasteiger partial charge in [0, 0.05) is 12.5 Å². The minimum atomic E-state index is -0.595. The molecule has 1 aliphatic heterocycles. The van der Waals surface area contributed by atoms with Crippen LogP contribution in [0, 0.1) is 5.92 Å². The third-order valence-electron chi connectivity index (χ3n) is 2.26. The quantitative estimate of drug-likeness (QED) is 0.618. The average Bonchev–Trinajstić information content (AvgIpc) is 2.53. The Balaban J connectivity index is 2.32. The van der Waals surface area contributed by atoms with Crippen molar-refractivity contribution < 1.29 is 14.9 Å². The summed E-state index contributed by atoms with van der Waals surface area (Å²) in [6.07, 6.45) is 0.305. The Morgan fingerprint density at radius 2 is 2.27 bits per heavy atom. The summed E-state index contributed by atoms with van der Waals surface area (Å²) in [5.41, 5.74) is 0. The first-order valence-corrected chi connectivity index (χ1v) is 4.19. The molecule has 3 heteroatoms. The zero-order valence-corrected chi connectivity index (χ0v) is 6.86. The molecule has 3 atom stereocenters. The van der Waals surface area contributed by atoms with E-state index in [-0.39, 0.29) is 5.92 Å². The zero-order valence-electron chi connectivity index (χ0n) is 6.86. The second-order valence-corrected chi connectivity index (χ2v) is 3.09. The number of aliphatic hydroxyl groups excluding tert-OH is 2. The Labute approximate surface area is 67.0 Å². The van der Waals surface area contributed by atoms with Gasteiger partial charge >= 0.3 is 0 Å². The summed E-state index contributed by atoms with van der Waals surface area (Å²) in [6.45, 7) is 3.18. The molecule has 3 unspecified atom stereocenters. The minimum Gasteiger partial charge on any atom is -0.390 e. The van der Waals surface area contributed by atoms with Crippen LogP contribution in [0.3, 0.4) is 0 Å². The SMILES string of the molecule is CCC(O)C(O)C1CCOC1. The topological polar surface area (TPSA) is 49.7 Å². The van der Waals surface area contributed by atoms with Crippen LogP contribution in [-0.2, 0) is 4.74 Å². The molecule has 0 aromatic heterocycles. The van der Waals surface area contributed by atoms with Crippen molar-refractivity contribution in [1.29, 1.82) is 0 Å². The summed E-state index contributed by atoms with van der Waals surface area (Å²) in [5.74, 6) is 0.143. The van der Waals surface area contributed by atoms with Gasteiger partial charge < -0.3 is 14.9 Å². The summed E-state index contributed by atoms with van der Waals surface area (Å²) >= 11 is 0. The molecular weight excluding hydrogens is 144 g/mol. The number of hydrogen-bond donors (Lipinski definition) is 2. The fourth-order valence-electron chi connectivity index (χ4n) is 1.38. The molecule has 0 amide bonds. The second kappa shape index (κ2) is 4.04. The van der Waals surface area contributed by atoms with Gasteiger partial charge in [0.05, 0.1) is 18.8 Å². The van der Waals surface area contributed by atoms with Crippen LogP contribution in [0.15, 0.2) is 0 Å². The Morgan fingerprint density at radius 3 is 2.73 bits per heavy atom. The number of ether oxygens (including phenoxy) is 1. The lowest BCUT2D eigenvalue weighted by atomic mass is 9.96. The molecule has 66 valence electrons. The molecule has 0 aromatic carbocycles. The molecule has 0 aliphatic carbocycles. The van der Waals surface area contributed by atoms with E-state index in [9.17, 15) is 10.2 Å². The maximum atomic E-state index is 9.49. The highest BCUT2D eigenvalue weighted by atomic mass is 16.5. The first-order valence-electron chi connectivity index (χ1n) is 4.19. The average molecular weight is 160 g/mol. The molecule has 2 N–H and O–H groups in total. The lowest BCUT2D eigenvalue weighted by molar-refractivity contribution is -0.0206. The molecule has 1 heterocycles. The Hall–Kier alpha value is -0.120. The first-order chi connectivity index (χ1) is 5.25. The Kier molecular flexibility index (Phi) is 3.30. The predicted octanol–water partition coefficient (Wildman–Crippen LogP) is 0.155. The van der Waals surface area contributed by atoms with Crippen LogP contribution in [0.2, 0.25) is 0 Å². The maximum absolute atomic E-state index is 9.49. The van der Waals surface area contributed by atoms with E-state index in [1.165, 1.54) is 0 Å². The molecule has 1 saturated heterocycles. The normalized spacial score (nSPS) is 30.3. The lowest BCUT2D eigenvalue weighted by Crippen LogP contribution is -2.33. The predicted molar refractivity (Wildman–Crippen MR) is 41.2 cm³/mol. The summed E-state index contributed by atoms with van der Waals surface area (Å²) in [6, 6.07) is 0. The Bertz CT molecular complexity index is 110. The van der Waals surface area contributed by atoms with Crippen molar-refractivity contribution in [2.45, 2.75) is 32.0 Å². The van der Waals surface area contributed by atoms with E-state index in [2.05, 4.69) is 0 Å². The van der Waals surface area contributed by atoms with Crippen LogP contribution in [0.1, 0.15) is 19.8 Å². The summed E-state index contributed by atoms with van der Waals surface area (Å²) < 4.78 is 5.10. The van der Waals surface area contributed by atoms with E-state index >= 15 is 0 Å². The zero-order chi connectivity index (χ0) is 8.27. The summed E-state index contributed by atoms with van der Waals surface area (Å²) in [5, 5.41) is 18.8. The van der Waals surface area contributed by atoms with Crippen LogP contribution in [0.5, 0.6) is 0 Å². The van der Waals surface area contributed by atoms with Crippen LogP contribution in [0.25, 0.3) is 0 Å². The highest BCUT2D eigenvalue weighted by Crippen LogP contribution is 2.19. The molecular formula is C8H16O3. The molecule has 3 nitrogen and oxygen atoms in total. The van der Waals surface area contributed by atoms with Crippen molar-refractivity contribution in [2.24, 2.45) is 5.92 Å². The van der Waals surface area contributed by atoms with Crippen molar-refractivity contribution in [1.82, 2.24) is 0 Å². The van der Waals surface area contributed by atoms with Gasteiger partial charge in [-0.15, -0.1) is 0 Å². The van der Waals surface area contributed by atoms with E-state index in [1.54, 1.807) is 0 Å². The summed E-state index contributed by atoms with van der Waals surface area (Å²) in [4.78, 5) is 0. The third kappa shape index (κ3) is 2.15. The monoisotopic (exact) mass is 160 g/mol. The molecule has 0 aromatic rings. The largest absolute Gasteiger partial charge is 0.390 e. The van der Waals surface area contributed by atoms with E-state index in [4.69, 9.17) is 4.74 Å². The second-order valence-electron chi connectivity index (χ2n) is 3.09. The van der Waals surface area contributed by atoms with Crippen LogP contribution < -0.4 is 0 Å². The van der Waals surface area contributed by atoms with Crippen molar-refractivity contribution in [3.8, 4) is 0 Å². The molecule has 11 heavy (non-hydrogen) atoms. The number of rotatable bonds is 3. The van der Waals surface area contributed by atoms with E-state index in [0.29, 0.717) is 13.0 Å². The maximum Gasteiger partial charge on any atom is 0.0849 e. The third-order valence-corrected chi connectivity index (χ3v) is 2.26. The molecule has 0 saturated carbocycles. The van der Waals surface area contributed by atoms with Gasteiger partial charge in [0.2, 0.25) is 0 Å². The Morgan fingerprint density at radius 1 is 1.55 bits per heavy atom. The summed E-state index contributed by atoms with van der Waals surface area (Å²) in [7, 11) is 0. The number of hydrogen-bond acceptors (Lipinski definition) is 3.